The molecule has 0 aromatic heterocycles. The zero-order valence-electron chi connectivity index (χ0n) is 8.38. The van der Waals surface area contributed by atoms with Crippen molar-refractivity contribution in [3.63, 3.8) is 0 Å². The summed E-state index contributed by atoms with van der Waals surface area (Å²) in [6.45, 7) is 4.68. The molecule has 0 aliphatic heterocycles. The first-order valence-corrected chi connectivity index (χ1v) is 4.93. The minimum Gasteiger partial charge on any atom is -0.481 e. The molecule has 0 aromatic rings. The molecule has 1 fully saturated rings. The van der Waals surface area contributed by atoms with Crippen LogP contribution in [0.4, 0.5) is 0 Å². The van der Waals surface area contributed by atoms with Crippen molar-refractivity contribution >= 4 is 5.97 Å². The maximum atomic E-state index is 10.7. The molecule has 1 rings (SSSR count). The van der Waals surface area contributed by atoms with Crippen molar-refractivity contribution in [3.05, 3.63) is 0 Å². The first-order chi connectivity index (χ1) is 6.08. The largest absolute Gasteiger partial charge is 0.481 e. The van der Waals surface area contributed by atoms with Gasteiger partial charge in [0.25, 0.3) is 0 Å². The van der Waals surface area contributed by atoms with E-state index in [2.05, 4.69) is 6.92 Å². The molecule has 1 aliphatic carbocycles. The van der Waals surface area contributed by atoms with Crippen LogP contribution in [0.25, 0.3) is 0 Å². The Labute approximate surface area is 79.1 Å². The number of carbonyl (C=O) groups is 1. The highest BCUT2D eigenvalue weighted by Gasteiger charge is 2.46. The van der Waals surface area contributed by atoms with Crippen molar-refractivity contribution in [2.45, 2.75) is 45.6 Å². The Morgan fingerprint density at radius 1 is 1.62 bits per heavy atom. The SMILES string of the molecule is CCCCOC1CC(C)(C(=O)O)C1. The predicted octanol–water partition coefficient (Wildman–Crippen LogP) is 2.06. The van der Waals surface area contributed by atoms with Crippen LogP contribution >= 0.6 is 0 Å². The van der Waals surface area contributed by atoms with Crippen molar-refractivity contribution in [2.75, 3.05) is 6.61 Å². The lowest BCUT2D eigenvalue weighted by molar-refractivity contribution is -0.164. The second kappa shape index (κ2) is 4.09. The van der Waals surface area contributed by atoms with Gasteiger partial charge in [-0.1, -0.05) is 13.3 Å². The monoisotopic (exact) mass is 186 g/mol. The molecule has 0 radical (unpaired) electrons. The average Bonchev–Trinajstić information content (AvgIpc) is 2.01. The molecule has 1 saturated carbocycles. The van der Waals surface area contributed by atoms with Crippen molar-refractivity contribution in [1.29, 1.82) is 0 Å². The number of rotatable bonds is 5. The van der Waals surface area contributed by atoms with E-state index in [1.54, 1.807) is 6.92 Å². The summed E-state index contributed by atoms with van der Waals surface area (Å²) >= 11 is 0. The molecule has 0 aromatic carbocycles. The lowest BCUT2D eigenvalue weighted by Crippen LogP contribution is -2.45. The van der Waals surface area contributed by atoms with Gasteiger partial charge in [0.15, 0.2) is 0 Å². The number of unbranched alkanes of at least 4 members (excludes halogenated alkanes) is 1. The minimum absolute atomic E-state index is 0.188. The van der Waals surface area contributed by atoms with Gasteiger partial charge in [0, 0.05) is 6.61 Å². The fourth-order valence-corrected chi connectivity index (χ4v) is 1.63. The van der Waals surface area contributed by atoms with Gasteiger partial charge in [-0.3, -0.25) is 4.79 Å². The van der Waals surface area contributed by atoms with Crippen LogP contribution in [0.15, 0.2) is 0 Å². The number of hydrogen-bond acceptors (Lipinski definition) is 2. The smallest absolute Gasteiger partial charge is 0.309 e. The van der Waals surface area contributed by atoms with Crippen LogP contribution in [0.3, 0.4) is 0 Å². The highest BCUT2D eigenvalue weighted by atomic mass is 16.5. The third-order valence-electron chi connectivity index (χ3n) is 2.72. The van der Waals surface area contributed by atoms with Crippen LogP contribution in [0, 0.1) is 5.41 Å². The number of carboxylic acid groups (broad SMARTS) is 1. The molecule has 0 saturated heterocycles. The van der Waals surface area contributed by atoms with Crippen molar-refractivity contribution in [3.8, 4) is 0 Å². The third kappa shape index (κ3) is 2.44. The van der Waals surface area contributed by atoms with E-state index in [-0.39, 0.29) is 6.10 Å². The Kier molecular flexibility index (Phi) is 3.31. The Morgan fingerprint density at radius 2 is 2.23 bits per heavy atom. The first-order valence-electron chi connectivity index (χ1n) is 4.93. The van der Waals surface area contributed by atoms with Crippen LogP contribution < -0.4 is 0 Å². The molecule has 3 nitrogen and oxygen atoms in total. The normalized spacial score (nSPS) is 32.6. The Bertz CT molecular complexity index is 183. The van der Waals surface area contributed by atoms with E-state index in [1.165, 1.54) is 0 Å². The van der Waals surface area contributed by atoms with Gasteiger partial charge in [0.05, 0.1) is 11.5 Å². The minimum atomic E-state index is -0.692. The molecule has 0 spiro atoms. The summed E-state index contributed by atoms with van der Waals surface area (Å²) in [5.74, 6) is -0.692. The van der Waals surface area contributed by atoms with Crippen molar-refractivity contribution in [1.82, 2.24) is 0 Å². The highest BCUT2D eigenvalue weighted by molar-refractivity contribution is 5.75. The van der Waals surface area contributed by atoms with Gasteiger partial charge in [-0.2, -0.15) is 0 Å². The number of hydrogen-bond donors (Lipinski definition) is 1. The van der Waals surface area contributed by atoms with Gasteiger partial charge < -0.3 is 9.84 Å². The summed E-state index contributed by atoms with van der Waals surface area (Å²) in [6.07, 6.45) is 3.73. The predicted molar refractivity (Wildman–Crippen MR) is 49.6 cm³/mol. The van der Waals surface area contributed by atoms with Crippen LogP contribution in [0.5, 0.6) is 0 Å². The fraction of sp³-hybridized carbons (Fsp3) is 0.900. The van der Waals surface area contributed by atoms with E-state index >= 15 is 0 Å². The molecule has 0 atom stereocenters. The Hall–Kier alpha value is -0.570. The Balaban J connectivity index is 2.14. The second-order valence-corrected chi connectivity index (χ2v) is 4.12. The zero-order valence-corrected chi connectivity index (χ0v) is 8.38. The number of carboxylic acids is 1. The molecule has 1 aliphatic rings. The molecule has 76 valence electrons. The van der Waals surface area contributed by atoms with Crippen LogP contribution in [-0.4, -0.2) is 23.8 Å². The molecular weight excluding hydrogens is 168 g/mol. The third-order valence-corrected chi connectivity index (χ3v) is 2.72. The quantitative estimate of drug-likeness (QED) is 0.668. The lowest BCUT2D eigenvalue weighted by Gasteiger charge is -2.41. The van der Waals surface area contributed by atoms with E-state index in [0.29, 0.717) is 12.8 Å². The van der Waals surface area contributed by atoms with Gasteiger partial charge in [0.2, 0.25) is 0 Å². The Morgan fingerprint density at radius 3 is 2.69 bits per heavy atom. The number of ether oxygens (including phenoxy) is 1. The lowest BCUT2D eigenvalue weighted by atomic mass is 9.68. The summed E-state index contributed by atoms with van der Waals surface area (Å²) < 4.78 is 5.50. The zero-order chi connectivity index (χ0) is 9.90. The van der Waals surface area contributed by atoms with E-state index in [0.717, 1.165) is 19.4 Å². The van der Waals surface area contributed by atoms with Crippen molar-refractivity contribution in [2.24, 2.45) is 5.41 Å². The molecule has 3 heteroatoms. The molecule has 13 heavy (non-hydrogen) atoms. The second-order valence-electron chi connectivity index (χ2n) is 4.12. The maximum absolute atomic E-state index is 10.7. The molecule has 0 amide bonds. The average molecular weight is 186 g/mol. The van der Waals surface area contributed by atoms with Gasteiger partial charge in [-0.15, -0.1) is 0 Å². The highest BCUT2D eigenvalue weighted by Crippen LogP contribution is 2.42. The van der Waals surface area contributed by atoms with E-state index in [1.807, 2.05) is 0 Å². The summed E-state index contributed by atoms with van der Waals surface area (Å²) in [7, 11) is 0. The summed E-state index contributed by atoms with van der Waals surface area (Å²) in [5, 5.41) is 8.83. The van der Waals surface area contributed by atoms with Crippen LogP contribution in [-0.2, 0) is 9.53 Å². The summed E-state index contributed by atoms with van der Waals surface area (Å²) in [5.41, 5.74) is -0.517. The molecule has 1 N–H and O–H groups in total. The molecule has 0 unspecified atom stereocenters. The maximum Gasteiger partial charge on any atom is 0.309 e. The standard InChI is InChI=1S/C10H18O3/c1-3-4-5-13-8-6-10(2,7-8)9(11)12/h8H,3-7H2,1-2H3,(H,11,12). The first kappa shape index (κ1) is 10.5. The van der Waals surface area contributed by atoms with Gasteiger partial charge in [0.1, 0.15) is 0 Å². The topological polar surface area (TPSA) is 46.5 Å². The van der Waals surface area contributed by atoms with Gasteiger partial charge in [-0.25, -0.2) is 0 Å². The summed E-state index contributed by atoms with van der Waals surface area (Å²) in [6, 6.07) is 0. The fourth-order valence-electron chi connectivity index (χ4n) is 1.63. The van der Waals surface area contributed by atoms with Gasteiger partial charge in [-0.05, 0) is 26.2 Å². The van der Waals surface area contributed by atoms with Crippen molar-refractivity contribution < 1.29 is 14.6 Å². The van der Waals surface area contributed by atoms with Crippen LogP contribution in [0.1, 0.15) is 39.5 Å². The van der Waals surface area contributed by atoms with E-state index in [9.17, 15) is 4.79 Å². The van der Waals surface area contributed by atoms with E-state index in [4.69, 9.17) is 9.84 Å². The molecular formula is C10H18O3. The van der Waals surface area contributed by atoms with E-state index < -0.39 is 11.4 Å². The molecule has 0 bridgehead atoms. The number of aliphatic carboxylic acids is 1. The summed E-state index contributed by atoms with van der Waals surface area (Å²) in [4.78, 5) is 10.7. The van der Waals surface area contributed by atoms with Crippen LogP contribution in [0.2, 0.25) is 0 Å². The van der Waals surface area contributed by atoms with Gasteiger partial charge >= 0.3 is 5.97 Å². The molecule has 0 heterocycles.